The van der Waals surface area contributed by atoms with Gasteiger partial charge in [0.25, 0.3) is 5.91 Å². The van der Waals surface area contributed by atoms with Gasteiger partial charge in [0, 0.05) is 29.7 Å². The number of nitrogens with zero attached hydrogens (tertiary/aromatic N) is 1. The van der Waals surface area contributed by atoms with Crippen LogP contribution in [0.25, 0.3) is 0 Å². The van der Waals surface area contributed by atoms with Crippen molar-refractivity contribution in [1.82, 2.24) is 10.2 Å². The van der Waals surface area contributed by atoms with Gasteiger partial charge in [0.05, 0.1) is 17.3 Å². The molecule has 1 unspecified atom stereocenters. The predicted octanol–water partition coefficient (Wildman–Crippen LogP) is 4.72. The van der Waals surface area contributed by atoms with Crippen LogP contribution in [0.15, 0.2) is 42.5 Å². The van der Waals surface area contributed by atoms with E-state index in [1.807, 2.05) is 4.90 Å². The number of alkyl halides is 3. The van der Waals surface area contributed by atoms with Crippen molar-refractivity contribution in [3.63, 3.8) is 0 Å². The average Bonchev–Trinajstić information content (AvgIpc) is 2.74. The molecule has 2 N–H and O–H groups in total. The van der Waals surface area contributed by atoms with Gasteiger partial charge < -0.3 is 10.6 Å². The largest absolute Gasteiger partial charge is 0.418 e. The normalized spacial score (nSPS) is 16.4. The molecule has 0 aromatic heterocycles. The van der Waals surface area contributed by atoms with Crippen LogP contribution < -0.4 is 10.6 Å². The third kappa shape index (κ3) is 5.98. The monoisotopic (exact) mass is 471 g/mol. The summed E-state index contributed by atoms with van der Waals surface area (Å²) in [6.07, 6.45) is -3.52. The lowest BCUT2D eigenvalue weighted by molar-refractivity contribution is -0.137. The van der Waals surface area contributed by atoms with E-state index in [2.05, 4.69) is 10.6 Å². The molecule has 32 heavy (non-hydrogen) atoms. The second kappa shape index (κ2) is 9.87. The molecule has 1 aliphatic heterocycles. The number of amides is 2. The zero-order valence-electron chi connectivity index (χ0n) is 17.2. The second-order valence-corrected chi connectivity index (χ2v) is 8.08. The molecule has 10 heteroatoms. The summed E-state index contributed by atoms with van der Waals surface area (Å²) in [6, 6.07) is 7.63. The minimum absolute atomic E-state index is 0.0758. The molecule has 2 amide bonds. The van der Waals surface area contributed by atoms with E-state index < -0.39 is 29.5 Å². The quantitative estimate of drug-likeness (QED) is 0.620. The fourth-order valence-electron chi connectivity index (χ4n) is 3.56. The number of rotatable bonds is 5. The predicted molar refractivity (Wildman–Crippen MR) is 113 cm³/mol. The molecular formula is C22H22ClF4N3O2. The van der Waals surface area contributed by atoms with Crippen LogP contribution in [0.1, 0.15) is 35.7 Å². The van der Waals surface area contributed by atoms with Crippen LogP contribution >= 0.6 is 11.6 Å². The second-order valence-electron chi connectivity index (χ2n) is 7.64. The Hall–Kier alpha value is -2.65. The highest BCUT2D eigenvalue weighted by Crippen LogP contribution is 2.36. The highest BCUT2D eigenvalue weighted by Gasteiger charge is 2.35. The number of anilines is 1. The summed E-state index contributed by atoms with van der Waals surface area (Å²) in [5.41, 5.74) is -1.00. The van der Waals surface area contributed by atoms with Crippen molar-refractivity contribution in [1.29, 1.82) is 0 Å². The molecule has 172 valence electrons. The lowest BCUT2D eigenvalue weighted by Crippen LogP contribution is -2.50. The molecule has 1 heterocycles. The molecule has 1 atom stereocenters. The molecule has 0 radical (unpaired) electrons. The lowest BCUT2D eigenvalue weighted by Gasteiger charge is -2.35. The van der Waals surface area contributed by atoms with E-state index in [4.69, 9.17) is 11.6 Å². The van der Waals surface area contributed by atoms with E-state index in [0.717, 1.165) is 12.1 Å². The number of carbonyl (C=O) groups is 2. The molecule has 0 aliphatic carbocycles. The first-order valence-corrected chi connectivity index (χ1v) is 10.4. The maximum Gasteiger partial charge on any atom is 0.418 e. The molecule has 0 saturated carbocycles. The molecule has 0 spiro atoms. The van der Waals surface area contributed by atoms with E-state index in [0.29, 0.717) is 31.5 Å². The Balaban J connectivity index is 1.55. The molecule has 1 aliphatic rings. The zero-order valence-corrected chi connectivity index (χ0v) is 17.9. The standard InChI is InChI=1S/C22H22ClF4N3O2/c1-13(20(31)29-19-7-4-15(23)12-18(19)22(25,26)27)30-10-8-17(9-11-30)28-21(32)14-2-5-16(24)6-3-14/h2-7,12-13,17H,8-11H2,1H3,(H,28,32)(H,29,31). The van der Waals surface area contributed by atoms with Crippen molar-refractivity contribution in [2.75, 3.05) is 18.4 Å². The Morgan fingerprint density at radius 2 is 1.72 bits per heavy atom. The van der Waals surface area contributed by atoms with Crippen molar-refractivity contribution in [3.05, 3.63) is 64.4 Å². The van der Waals surface area contributed by atoms with E-state index in [-0.39, 0.29) is 22.7 Å². The minimum atomic E-state index is -4.65. The van der Waals surface area contributed by atoms with Crippen LogP contribution in [-0.4, -0.2) is 41.9 Å². The summed E-state index contributed by atoms with van der Waals surface area (Å²) in [6.45, 7) is 2.58. The summed E-state index contributed by atoms with van der Waals surface area (Å²) < 4.78 is 52.7. The van der Waals surface area contributed by atoms with E-state index >= 15 is 0 Å². The van der Waals surface area contributed by atoms with Gasteiger partial charge in [-0.15, -0.1) is 0 Å². The van der Waals surface area contributed by atoms with Gasteiger partial charge in [-0.1, -0.05) is 11.6 Å². The van der Waals surface area contributed by atoms with Crippen molar-refractivity contribution < 1.29 is 27.2 Å². The van der Waals surface area contributed by atoms with Gasteiger partial charge in [0.15, 0.2) is 0 Å². The maximum atomic E-state index is 13.3. The number of likely N-dealkylation sites (tertiary alicyclic amines) is 1. The molecule has 2 aromatic carbocycles. The number of carbonyl (C=O) groups excluding carboxylic acids is 2. The molecule has 2 aromatic rings. The van der Waals surface area contributed by atoms with Gasteiger partial charge >= 0.3 is 6.18 Å². The molecule has 1 saturated heterocycles. The Morgan fingerprint density at radius 3 is 2.31 bits per heavy atom. The van der Waals surface area contributed by atoms with Crippen LogP contribution in [0.2, 0.25) is 5.02 Å². The van der Waals surface area contributed by atoms with Gasteiger partial charge in [0.1, 0.15) is 5.82 Å². The Bertz CT molecular complexity index is 974. The van der Waals surface area contributed by atoms with Crippen molar-refractivity contribution in [3.8, 4) is 0 Å². The number of hydrogen-bond donors (Lipinski definition) is 2. The van der Waals surface area contributed by atoms with Gasteiger partial charge in [-0.3, -0.25) is 14.5 Å². The van der Waals surface area contributed by atoms with E-state index in [9.17, 15) is 27.2 Å². The summed E-state index contributed by atoms with van der Waals surface area (Å²) in [5, 5.41) is 5.16. The van der Waals surface area contributed by atoms with Crippen LogP contribution in [0.4, 0.5) is 23.2 Å². The van der Waals surface area contributed by atoms with E-state index in [1.165, 1.54) is 30.3 Å². The van der Waals surface area contributed by atoms with Crippen LogP contribution in [-0.2, 0) is 11.0 Å². The summed E-state index contributed by atoms with van der Waals surface area (Å²) in [7, 11) is 0. The highest BCUT2D eigenvalue weighted by molar-refractivity contribution is 6.30. The third-order valence-electron chi connectivity index (χ3n) is 5.44. The highest BCUT2D eigenvalue weighted by atomic mass is 35.5. The number of halogens is 5. The molecule has 1 fully saturated rings. The first kappa shape index (κ1) is 24.0. The SMILES string of the molecule is CC(C(=O)Nc1ccc(Cl)cc1C(F)(F)F)N1CCC(NC(=O)c2ccc(F)cc2)CC1. The molecule has 5 nitrogen and oxygen atoms in total. The zero-order chi connectivity index (χ0) is 23.5. The Kier molecular flexibility index (Phi) is 7.40. The lowest BCUT2D eigenvalue weighted by atomic mass is 10.0. The number of hydrogen-bond acceptors (Lipinski definition) is 3. The third-order valence-corrected chi connectivity index (χ3v) is 5.68. The fraction of sp³-hybridized carbons (Fsp3) is 0.364. The van der Waals surface area contributed by atoms with E-state index in [1.54, 1.807) is 6.92 Å². The average molecular weight is 472 g/mol. The number of nitrogens with one attached hydrogen (secondary N) is 2. The molecule has 0 bridgehead atoms. The van der Waals surface area contributed by atoms with Gasteiger partial charge in [-0.2, -0.15) is 13.2 Å². The van der Waals surface area contributed by atoms with Crippen molar-refractivity contribution in [2.24, 2.45) is 0 Å². The van der Waals surface area contributed by atoms with Crippen molar-refractivity contribution in [2.45, 2.75) is 38.0 Å². The Labute approximate surface area is 187 Å². The smallest absolute Gasteiger partial charge is 0.349 e. The molecular weight excluding hydrogens is 450 g/mol. The fourth-order valence-corrected chi connectivity index (χ4v) is 3.74. The number of piperidine rings is 1. The van der Waals surface area contributed by atoms with Gasteiger partial charge in [-0.05, 0) is 62.2 Å². The first-order valence-electron chi connectivity index (χ1n) is 10.0. The maximum absolute atomic E-state index is 13.3. The summed E-state index contributed by atoms with van der Waals surface area (Å²) >= 11 is 5.67. The van der Waals surface area contributed by atoms with Crippen LogP contribution in [0, 0.1) is 5.82 Å². The van der Waals surface area contributed by atoms with Crippen molar-refractivity contribution >= 4 is 29.1 Å². The van der Waals surface area contributed by atoms with Gasteiger partial charge in [0.2, 0.25) is 5.91 Å². The summed E-state index contributed by atoms with van der Waals surface area (Å²) in [4.78, 5) is 26.7. The van der Waals surface area contributed by atoms with Crippen LogP contribution in [0.5, 0.6) is 0 Å². The topological polar surface area (TPSA) is 61.4 Å². The number of benzene rings is 2. The molecule has 3 rings (SSSR count). The summed E-state index contributed by atoms with van der Waals surface area (Å²) in [5.74, 6) is -1.30. The van der Waals surface area contributed by atoms with Gasteiger partial charge in [-0.25, -0.2) is 4.39 Å². The van der Waals surface area contributed by atoms with Crippen LogP contribution in [0.3, 0.4) is 0 Å². The minimum Gasteiger partial charge on any atom is -0.349 e. The Morgan fingerprint density at radius 1 is 1.09 bits per heavy atom. The first-order chi connectivity index (χ1) is 15.0.